The van der Waals surface area contributed by atoms with Gasteiger partial charge in [-0.1, -0.05) is 12.1 Å². The number of anilines is 2. The van der Waals surface area contributed by atoms with Crippen molar-refractivity contribution >= 4 is 11.4 Å². The average Bonchev–Trinajstić information content (AvgIpc) is 2.58. The maximum Gasteiger partial charge on any atom is 0.0366 e. The molecule has 2 heteroatoms. The fourth-order valence-corrected chi connectivity index (χ4v) is 2.29. The van der Waals surface area contributed by atoms with Gasteiger partial charge in [-0.2, -0.15) is 0 Å². The summed E-state index contributed by atoms with van der Waals surface area (Å²) in [6, 6.07) is 13.2. The van der Waals surface area contributed by atoms with Crippen LogP contribution in [0.3, 0.4) is 0 Å². The monoisotopic (exact) mass is 326 g/mol. The van der Waals surface area contributed by atoms with E-state index in [0.29, 0.717) is 0 Å². The van der Waals surface area contributed by atoms with Gasteiger partial charge in [0.05, 0.1) is 0 Å². The molecular formula is C22H34N2. The highest BCUT2D eigenvalue weighted by molar-refractivity contribution is 5.50. The highest BCUT2D eigenvalue weighted by Gasteiger charge is 1.99. The Kier molecular flexibility index (Phi) is 7.84. The SMILES string of the molecule is CCN(C)c1ccc(C)c(C)c1.CCN(C)c1ccc(C)c(C)c1. The van der Waals surface area contributed by atoms with Gasteiger partial charge in [0.15, 0.2) is 0 Å². The second-order valence-corrected chi connectivity index (χ2v) is 6.57. The van der Waals surface area contributed by atoms with Crippen LogP contribution in [0.25, 0.3) is 0 Å². The molecule has 0 heterocycles. The molecule has 0 amide bonds. The first-order chi connectivity index (χ1) is 11.3. The van der Waals surface area contributed by atoms with E-state index >= 15 is 0 Å². The highest BCUT2D eigenvalue weighted by Crippen LogP contribution is 2.17. The lowest BCUT2D eigenvalue weighted by Gasteiger charge is -2.17. The summed E-state index contributed by atoms with van der Waals surface area (Å²) >= 11 is 0. The molecule has 24 heavy (non-hydrogen) atoms. The van der Waals surface area contributed by atoms with Crippen molar-refractivity contribution in [3.05, 3.63) is 58.7 Å². The van der Waals surface area contributed by atoms with Crippen LogP contribution in [-0.4, -0.2) is 27.2 Å². The van der Waals surface area contributed by atoms with Gasteiger partial charge < -0.3 is 9.80 Å². The minimum atomic E-state index is 1.06. The predicted molar refractivity (Wildman–Crippen MR) is 110 cm³/mol. The van der Waals surface area contributed by atoms with Crippen LogP contribution >= 0.6 is 0 Å². The minimum Gasteiger partial charge on any atom is -0.375 e. The molecule has 2 aromatic rings. The van der Waals surface area contributed by atoms with Crippen molar-refractivity contribution in [1.82, 2.24) is 0 Å². The molecule has 132 valence electrons. The van der Waals surface area contributed by atoms with Crippen molar-refractivity contribution in [1.29, 1.82) is 0 Å². The number of nitrogens with zero attached hydrogens (tertiary/aromatic N) is 2. The first-order valence-electron chi connectivity index (χ1n) is 8.86. The molecule has 0 bridgehead atoms. The topological polar surface area (TPSA) is 6.48 Å². The number of hydrogen-bond donors (Lipinski definition) is 0. The Bertz CT molecular complexity index is 589. The van der Waals surface area contributed by atoms with Crippen LogP contribution in [0.5, 0.6) is 0 Å². The molecule has 0 unspecified atom stereocenters. The molecule has 0 radical (unpaired) electrons. The van der Waals surface area contributed by atoms with E-state index in [0.717, 1.165) is 13.1 Å². The zero-order valence-corrected chi connectivity index (χ0v) is 16.8. The summed E-state index contributed by atoms with van der Waals surface area (Å²) in [6.07, 6.45) is 0. The summed E-state index contributed by atoms with van der Waals surface area (Å²) in [6.45, 7) is 15.0. The minimum absolute atomic E-state index is 1.06. The Morgan fingerprint density at radius 1 is 0.583 bits per heavy atom. The largest absolute Gasteiger partial charge is 0.375 e. The van der Waals surface area contributed by atoms with E-state index in [-0.39, 0.29) is 0 Å². The summed E-state index contributed by atoms with van der Waals surface area (Å²) in [5, 5.41) is 0. The predicted octanol–water partition coefficient (Wildman–Crippen LogP) is 5.52. The lowest BCUT2D eigenvalue weighted by atomic mass is 10.1. The molecule has 0 saturated carbocycles. The Hall–Kier alpha value is -1.96. The van der Waals surface area contributed by atoms with Gasteiger partial charge >= 0.3 is 0 Å². The lowest BCUT2D eigenvalue weighted by Crippen LogP contribution is -2.15. The molecule has 0 aromatic heterocycles. The molecule has 0 spiro atoms. The van der Waals surface area contributed by atoms with Crippen molar-refractivity contribution < 1.29 is 0 Å². The van der Waals surface area contributed by atoms with Gasteiger partial charge in [0.2, 0.25) is 0 Å². The smallest absolute Gasteiger partial charge is 0.0366 e. The Labute approximate surface area is 149 Å². The van der Waals surface area contributed by atoms with Gasteiger partial charge in [0, 0.05) is 38.6 Å². The van der Waals surface area contributed by atoms with Crippen molar-refractivity contribution in [3.8, 4) is 0 Å². The van der Waals surface area contributed by atoms with Crippen LogP contribution in [0.1, 0.15) is 36.1 Å². The van der Waals surface area contributed by atoms with Crippen LogP contribution < -0.4 is 9.80 Å². The van der Waals surface area contributed by atoms with Gasteiger partial charge in [0.1, 0.15) is 0 Å². The summed E-state index contributed by atoms with van der Waals surface area (Å²) in [5.41, 5.74) is 8.08. The van der Waals surface area contributed by atoms with Gasteiger partial charge in [0.25, 0.3) is 0 Å². The maximum atomic E-state index is 2.24. The molecule has 2 rings (SSSR count). The Morgan fingerprint density at radius 3 is 1.17 bits per heavy atom. The van der Waals surface area contributed by atoms with Crippen LogP contribution in [0, 0.1) is 27.7 Å². The molecule has 0 fully saturated rings. The third-order valence-corrected chi connectivity index (χ3v) is 4.81. The molecule has 2 aromatic carbocycles. The number of rotatable bonds is 4. The van der Waals surface area contributed by atoms with Gasteiger partial charge in [-0.25, -0.2) is 0 Å². The zero-order chi connectivity index (χ0) is 18.3. The summed E-state index contributed by atoms with van der Waals surface area (Å²) < 4.78 is 0. The summed E-state index contributed by atoms with van der Waals surface area (Å²) in [5.74, 6) is 0. The molecule has 0 N–H and O–H groups in total. The Balaban J connectivity index is 0.000000240. The molecule has 2 nitrogen and oxygen atoms in total. The molecule has 0 aliphatic carbocycles. The third kappa shape index (κ3) is 5.59. The Morgan fingerprint density at radius 2 is 0.917 bits per heavy atom. The lowest BCUT2D eigenvalue weighted by molar-refractivity contribution is 0.966. The maximum absolute atomic E-state index is 2.24. The van der Waals surface area contributed by atoms with Crippen LogP contribution in [-0.2, 0) is 0 Å². The van der Waals surface area contributed by atoms with Crippen LogP contribution in [0.2, 0.25) is 0 Å². The van der Waals surface area contributed by atoms with E-state index < -0.39 is 0 Å². The van der Waals surface area contributed by atoms with Crippen molar-refractivity contribution in [2.75, 3.05) is 37.0 Å². The fourth-order valence-electron chi connectivity index (χ4n) is 2.29. The van der Waals surface area contributed by atoms with Gasteiger partial charge in [-0.3, -0.25) is 0 Å². The molecular weight excluding hydrogens is 292 g/mol. The van der Waals surface area contributed by atoms with E-state index in [4.69, 9.17) is 0 Å². The highest BCUT2D eigenvalue weighted by atomic mass is 15.1. The van der Waals surface area contributed by atoms with E-state index in [2.05, 4.69) is 102 Å². The zero-order valence-electron chi connectivity index (χ0n) is 16.8. The van der Waals surface area contributed by atoms with E-state index in [1.54, 1.807) is 0 Å². The average molecular weight is 327 g/mol. The number of aryl methyl sites for hydroxylation is 4. The number of hydrogen-bond acceptors (Lipinski definition) is 2. The van der Waals surface area contributed by atoms with E-state index in [9.17, 15) is 0 Å². The molecule has 0 aliphatic rings. The molecule has 0 aliphatic heterocycles. The fraction of sp³-hybridized carbons (Fsp3) is 0.455. The second kappa shape index (κ2) is 9.36. The number of benzene rings is 2. The van der Waals surface area contributed by atoms with Crippen molar-refractivity contribution in [2.24, 2.45) is 0 Å². The molecule has 0 atom stereocenters. The molecule has 0 saturated heterocycles. The normalized spacial score (nSPS) is 10.0. The second-order valence-electron chi connectivity index (χ2n) is 6.57. The first-order valence-corrected chi connectivity index (χ1v) is 8.86. The quantitative estimate of drug-likeness (QED) is 0.730. The van der Waals surface area contributed by atoms with E-state index in [1.807, 2.05) is 0 Å². The van der Waals surface area contributed by atoms with Crippen molar-refractivity contribution in [3.63, 3.8) is 0 Å². The van der Waals surface area contributed by atoms with Crippen molar-refractivity contribution in [2.45, 2.75) is 41.5 Å². The standard InChI is InChI=1S/2C11H17N/c2*1-5-12(4)11-7-6-9(2)10(3)8-11/h2*6-8H,5H2,1-4H3. The van der Waals surface area contributed by atoms with Crippen LogP contribution in [0.15, 0.2) is 36.4 Å². The van der Waals surface area contributed by atoms with Crippen LogP contribution in [0.4, 0.5) is 11.4 Å². The van der Waals surface area contributed by atoms with E-state index in [1.165, 1.54) is 33.6 Å². The third-order valence-electron chi connectivity index (χ3n) is 4.81. The first kappa shape index (κ1) is 20.1. The van der Waals surface area contributed by atoms with Gasteiger partial charge in [-0.15, -0.1) is 0 Å². The summed E-state index contributed by atoms with van der Waals surface area (Å²) in [7, 11) is 4.23. The van der Waals surface area contributed by atoms with Gasteiger partial charge in [-0.05, 0) is 88.1 Å². The summed E-state index contributed by atoms with van der Waals surface area (Å²) in [4.78, 5) is 4.49.